The predicted octanol–water partition coefficient (Wildman–Crippen LogP) is 4.57. The van der Waals surface area contributed by atoms with E-state index in [2.05, 4.69) is 62.5 Å². The third-order valence-electron chi connectivity index (χ3n) is 4.61. The van der Waals surface area contributed by atoms with Crippen LogP contribution in [0.1, 0.15) is 18.4 Å². The predicted molar refractivity (Wildman–Crippen MR) is 112 cm³/mol. The van der Waals surface area contributed by atoms with Gasteiger partial charge in [0, 0.05) is 34.8 Å². The van der Waals surface area contributed by atoms with Gasteiger partial charge in [-0.3, -0.25) is 9.69 Å². The maximum atomic E-state index is 12.5. The van der Waals surface area contributed by atoms with Crippen LogP contribution >= 0.6 is 27.7 Å². The molecule has 1 aliphatic rings. The Morgan fingerprint density at radius 1 is 1.15 bits per heavy atom. The average molecular weight is 433 g/mol. The van der Waals surface area contributed by atoms with Gasteiger partial charge in [0.05, 0.1) is 5.92 Å². The molecule has 1 atom stereocenters. The van der Waals surface area contributed by atoms with Crippen molar-refractivity contribution in [3.63, 3.8) is 0 Å². The van der Waals surface area contributed by atoms with Crippen molar-refractivity contribution in [3.05, 3.63) is 64.6 Å². The quantitative estimate of drug-likeness (QED) is 0.513. The first kappa shape index (κ1) is 19.5. The molecule has 0 saturated carbocycles. The second-order valence-corrected chi connectivity index (χ2v) is 8.74. The van der Waals surface area contributed by atoms with Crippen molar-refractivity contribution in [3.8, 4) is 0 Å². The number of nitrogens with zero attached hydrogens (tertiary/aromatic N) is 1. The summed E-state index contributed by atoms with van der Waals surface area (Å²) in [6.45, 7) is 3.57. The second kappa shape index (κ2) is 10.1. The highest BCUT2D eigenvalue weighted by Gasteiger charge is 2.25. The lowest BCUT2D eigenvalue weighted by Gasteiger charge is -2.32. The molecule has 26 heavy (non-hydrogen) atoms. The minimum absolute atomic E-state index is 0.112. The van der Waals surface area contributed by atoms with Crippen molar-refractivity contribution in [2.75, 3.05) is 25.4 Å². The van der Waals surface area contributed by atoms with Crippen LogP contribution in [0, 0.1) is 5.92 Å². The fourth-order valence-corrected chi connectivity index (χ4v) is 4.32. The molecular formula is C21H25BrN2OS. The molecule has 0 spiro atoms. The molecule has 2 aromatic rings. The Hall–Kier alpha value is -1.30. The molecule has 3 rings (SSSR count). The normalized spacial score (nSPS) is 17.8. The Morgan fingerprint density at radius 3 is 2.69 bits per heavy atom. The lowest BCUT2D eigenvalue weighted by Crippen LogP contribution is -2.43. The summed E-state index contributed by atoms with van der Waals surface area (Å²) in [6.07, 6.45) is 2.09. The number of rotatable bonds is 7. The number of carbonyl (C=O) groups excluding carboxylic acids is 1. The molecule has 1 fully saturated rings. The van der Waals surface area contributed by atoms with Crippen LogP contribution in [0.2, 0.25) is 0 Å². The van der Waals surface area contributed by atoms with Crippen LogP contribution in [0.3, 0.4) is 0 Å². The van der Waals surface area contributed by atoms with Gasteiger partial charge in [-0.25, -0.2) is 0 Å². The smallest absolute Gasteiger partial charge is 0.224 e. The largest absolute Gasteiger partial charge is 0.355 e. The molecular weight excluding hydrogens is 408 g/mol. The van der Waals surface area contributed by atoms with Crippen LogP contribution in [0.4, 0.5) is 0 Å². The highest BCUT2D eigenvalue weighted by molar-refractivity contribution is 9.10. The molecule has 0 radical (unpaired) electrons. The Labute approximate surface area is 168 Å². The van der Waals surface area contributed by atoms with Crippen molar-refractivity contribution in [1.29, 1.82) is 0 Å². The summed E-state index contributed by atoms with van der Waals surface area (Å²) in [7, 11) is 0. The Bertz CT molecular complexity index is 693. The number of likely N-dealkylation sites (tertiary alicyclic amines) is 1. The molecule has 1 saturated heterocycles. The maximum absolute atomic E-state index is 12.5. The molecule has 0 aromatic heterocycles. The van der Waals surface area contributed by atoms with Gasteiger partial charge in [0.1, 0.15) is 0 Å². The Kier molecular flexibility index (Phi) is 7.59. The maximum Gasteiger partial charge on any atom is 0.224 e. The van der Waals surface area contributed by atoms with Crippen LogP contribution in [0.15, 0.2) is 64.0 Å². The highest BCUT2D eigenvalue weighted by atomic mass is 79.9. The second-order valence-electron chi connectivity index (χ2n) is 6.65. The molecule has 1 unspecified atom stereocenters. The van der Waals surface area contributed by atoms with E-state index in [0.717, 1.165) is 49.2 Å². The summed E-state index contributed by atoms with van der Waals surface area (Å²) in [5.41, 5.74) is 1.30. The van der Waals surface area contributed by atoms with Crippen molar-refractivity contribution < 1.29 is 4.79 Å². The Balaban J connectivity index is 1.40. The lowest BCUT2D eigenvalue weighted by atomic mass is 9.96. The molecule has 0 bridgehead atoms. The average Bonchev–Trinajstić information content (AvgIpc) is 2.68. The van der Waals surface area contributed by atoms with E-state index in [4.69, 9.17) is 0 Å². The molecule has 1 N–H and O–H groups in total. The van der Waals surface area contributed by atoms with Gasteiger partial charge in [-0.2, -0.15) is 0 Å². The van der Waals surface area contributed by atoms with Gasteiger partial charge < -0.3 is 5.32 Å². The molecule has 138 valence electrons. The number of thioether (sulfide) groups is 1. The molecule has 3 nitrogen and oxygen atoms in total. The fourth-order valence-electron chi connectivity index (χ4n) is 3.27. The summed E-state index contributed by atoms with van der Waals surface area (Å²) < 4.78 is 1.10. The van der Waals surface area contributed by atoms with Crippen LogP contribution in [0.5, 0.6) is 0 Å². The third kappa shape index (κ3) is 6.15. The van der Waals surface area contributed by atoms with Crippen molar-refractivity contribution in [1.82, 2.24) is 10.2 Å². The van der Waals surface area contributed by atoms with Gasteiger partial charge in [0.2, 0.25) is 5.91 Å². The van der Waals surface area contributed by atoms with E-state index in [9.17, 15) is 4.79 Å². The van der Waals surface area contributed by atoms with E-state index in [0.29, 0.717) is 0 Å². The number of halogens is 1. The van der Waals surface area contributed by atoms with Gasteiger partial charge >= 0.3 is 0 Å². The first-order valence-corrected chi connectivity index (χ1v) is 10.9. The molecule has 1 aliphatic heterocycles. The summed E-state index contributed by atoms with van der Waals surface area (Å²) in [5.74, 6) is 1.23. The van der Waals surface area contributed by atoms with Crippen molar-refractivity contribution in [2.45, 2.75) is 24.3 Å². The minimum Gasteiger partial charge on any atom is -0.355 e. The summed E-state index contributed by atoms with van der Waals surface area (Å²) in [5, 5.41) is 3.12. The zero-order valence-electron chi connectivity index (χ0n) is 14.9. The number of piperidine rings is 1. The van der Waals surface area contributed by atoms with Crippen molar-refractivity contribution >= 4 is 33.6 Å². The fraction of sp³-hybridized carbons (Fsp3) is 0.381. The zero-order chi connectivity index (χ0) is 18.2. The number of nitrogens with one attached hydrogen (secondary N) is 1. The first-order valence-electron chi connectivity index (χ1n) is 9.13. The summed E-state index contributed by atoms with van der Waals surface area (Å²) >= 11 is 5.26. The van der Waals surface area contributed by atoms with E-state index in [1.54, 1.807) is 11.8 Å². The topological polar surface area (TPSA) is 32.3 Å². The summed E-state index contributed by atoms with van der Waals surface area (Å²) in [6, 6.07) is 18.8. The number of amides is 1. The number of hydrogen-bond donors (Lipinski definition) is 1. The van der Waals surface area contributed by atoms with Crippen LogP contribution in [0.25, 0.3) is 0 Å². The highest BCUT2D eigenvalue weighted by Crippen LogP contribution is 2.20. The first-order chi connectivity index (χ1) is 12.7. The van der Waals surface area contributed by atoms with Gasteiger partial charge in [0.15, 0.2) is 0 Å². The van der Waals surface area contributed by atoms with Crippen LogP contribution < -0.4 is 5.32 Å². The van der Waals surface area contributed by atoms with Gasteiger partial charge in [-0.1, -0.05) is 46.3 Å². The SMILES string of the molecule is O=C(NCCSc1ccccc1)C1CCCN(Cc2ccc(Br)cc2)C1. The molecule has 0 aliphatic carbocycles. The molecule has 1 heterocycles. The van der Waals surface area contributed by atoms with Crippen molar-refractivity contribution in [2.24, 2.45) is 5.92 Å². The standard InChI is InChI=1S/C21H25BrN2OS/c22-19-10-8-17(9-11-19)15-24-13-4-5-18(16-24)21(25)23-12-14-26-20-6-2-1-3-7-20/h1-3,6-11,18H,4-5,12-16H2,(H,23,25). The lowest BCUT2D eigenvalue weighted by molar-refractivity contribution is -0.126. The van der Waals surface area contributed by atoms with E-state index >= 15 is 0 Å². The monoisotopic (exact) mass is 432 g/mol. The van der Waals surface area contributed by atoms with Crippen LogP contribution in [-0.4, -0.2) is 36.2 Å². The molecule has 5 heteroatoms. The van der Waals surface area contributed by atoms with Crippen LogP contribution in [-0.2, 0) is 11.3 Å². The van der Waals surface area contributed by atoms with E-state index in [1.807, 2.05) is 18.2 Å². The van der Waals surface area contributed by atoms with Gasteiger partial charge in [-0.15, -0.1) is 11.8 Å². The summed E-state index contributed by atoms with van der Waals surface area (Å²) in [4.78, 5) is 16.1. The van der Waals surface area contributed by atoms with E-state index in [1.165, 1.54) is 10.5 Å². The number of benzene rings is 2. The number of hydrogen-bond acceptors (Lipinski definition) is 3. The Morgan fingerprint density at radius 2 is 1.92 bits per heavy atom. The molecule has 1 amide bonds. The zero-order valence-corrected chi connectivity index (χ0v) is 17.3. The van der Waals surface area contributed by atoms with E-state index < -0.39 is 0 Å². The van der Waals surface area contributed by atoms with E-state index in [-0.39, 0.29) is 11.8 Å². The number of carbonyl (C=O) groups is 1. The van der Waals surface area contributed by atoms with Gasteiger partial charge in [-0.05, 0) is 49.2 Å². The third-order valence-corrected chi connectivity index (χ3v) is 6.15. The van der Waals surface area contributed by atoms with Gasteiger partial charge in [0.25, 0.3) is 0 Å². The molecule has 2 aromatic carbocycles. The minimum atomic E-state index is 0.112.